The molecule has 0 unspecified atom stereocenters. The van der Waals surface area contributed by atoms with Crippen LogP contribution in [-0.2, 0) is 11.2 Å². The number of benzene rings is 1. The number of carbonyl (C=O) groups excluding carboxylic acids is 1. The van der Waals surface area contributed by atoms with Gasteiger partial charge in [-0.2, -0.15) is 5.10 Å². The maximum Gasteiger partial charge on any atom is 0.341 e. The third-order valence-corrected chi connectivity index (χ3v) is 2.90. The molecule has 1 aromatic carbocycles. The summed E-state index contributed by atoms with van der Waals surface area (Å²) in [4.78, 5) is 22.6. The second-order valence-corrected chi connectivity index (χ2v) is 4.50. The van der Waals surface area contributed by atoms with E-state index in [-0.39, 0.29) is 23.7 Å². The van der Waals surface area contributed by atoms with E-state index in [1.807, 2.05) is 31.2 Å². The molecule has 6 heteroatoms. The average molecular weight is 273 g/mol. The van der Waals surface area contributed by atoms with E-state index in [9.17, 15) is 9.59 Å². The fourth-order valence-electron chi connectivity index (χ4n) is 1.76. The van der Waals surface area contributed by atoms with Crippen molar-refractivity contribution in [2.75, 3.05) is 5.32 Å². The van der Waals surface area contributed by atoms with Gasteiger partial charge in [-0.25, -0.2) is 4.79 Å². The molecule has 0 aliphatic carbocycles. The topological polar surface area (TPSA) is 95.1 Å². The van der Waals surface area contributed by atoms with Crippen molar-refractivity contribution in [3.8, 4) is 0 Å². The highest BCUT2D eigenvalue weighted by Crippen LogP contribution is 2.12. The molecule has 0 spiro atoms. The normalized spacial score (nSPS) is 10.2. The fraction of sp³-hybridized carbons (Fsp3) is 0.214. The Bertz CT molecular complexity index is 617. The zero-order valence-electron chi connectivity index (χ0n) is 11.0. The van der Waals surface area contributed by atoms with Gasteiger partial charge in [0.25, 0.3) is 0 Å². The summed E-state index contributed by atoms with van der Waals surface area (Å²) in [5, 5.41) is 17.5. The van der Waals surface area contributed by atoms with Crippen LogP contribution in [0.3, 0.4) is 0 Å². The number of aromatic amines is 1. The lowest BCUT2D eigenvalue weighted by molar-refractivity contribution is -0.116. The van der Waals surface area contributed by atoms with Gasteiger partial charge in [-0.15, -0.1) is 0 Å². The number of nitrogens with one attached hydrogen (secondary N) is 2. The Labute approximate surface area is 115 Å². The zero-order valence-corrected chi connectivity index (χ0v) is 11.0. The Hall–Kier alpha value is -2.63. The second kappa shape index (κ2) is 6.01. The van der Waals surface area contributed by atoms with Crippen LogP contribution in [0.25, 0.3) is 0 Å². The van der Waals surface area contributed by atoms with Crippen molar-refractivity contribution in [1.29, 1.82) is 0 Å². The van der Waals surface area contributed by atoms with Crippen LogP contribution in [0.4, 0.5) is 5.82 Å². The van der Waals surface area contributed by atoms with Crippen molar-refractivity contribution in [3.05, 3.63) is 47.2 Å². The first-order valence-electron chi connectivity index (χ1n) is 6.18. The van der Waals surface area contributed by atoms with Gasteiger partial charge >= 0.3 is 5.97 Å². The molecule has 0 saturated heterocycles. The second-order valence-electron chi connectivity index (χ2n) is 4.50. The van der Waals surface area contributed by atoms with E-state index in [1.165, 1.54) is 5.56 Å². The SMILES string of the molecule is Cc1ccc(CCC(=O)Nc2[nH]ncc2C(=O)O)cc1. The standard InChI is InChI=1S/C14H15N3O3/c1-9-2-4-10(5-3-9)6-7-12(18)16-13-11(14(19)20)8-15-17-13/h2-5,8H,6-7H2,1H3,(H,19,20)(H2,15,16,17,18). The summed E-state index contributed by atoms with van der Waals surface area (Å²) in [6, 6.07) is 7.93. The number of rotatable bonds is 5. The van der Waals surface area contributed by atoms with Gasteiger partial charge < -0.3 is 10.4 Å². The minimum absolute atomic E-state index is 0.0475. The van der Waals surface area contributed by atoms with Crippen molar-refractivity contribution in [1.82, 2.24) is 10.2 Å². The van der Waals surface area contributed by atoms with Crippen LogP contribution in [-0.4, -0.2) is 27.2 Å². The quantitative estimate of drug-likeness (QED) is 0.776. The number of carbonyl (C=O) groups is 2. The van der Waals surface area contributed by atoms with Gasteiger partial charge in [-0.3, -0.25) is 9.89 Å². The number of amides is 1. The van der Waals surface area contributed by atoms with E-state index in [1.54, 1.807) is 0 Å². The maximum atomic E-state index is 11.8. The molecule has 3 N–H and O–H groups in total. The minimum atomic E-state index is -1.13. The number of H-pyrrole nitrogens is 1. The van der Waals surface area contributed by atoms with E-state index in [0.29, 0.717) is 6.42 Å². The van der Waals surface area contributed by atoms with Crippen molar-refractivity contribution >= 4 is 17.7 Å². The Morgan fingerprint density at radius 2 is 2.00 bits per heavy atom. The third-order valence-electron chi connectivity index (χ3n) is 2.90. The van der Waals surface area contributed by atoms with Crippen LogP contribution >= 0.6 is 0 Å². The molecule has 2 rings (SSSR count). The van der Waals surface area contributed by atoms with Gasteiger partial charge in [-0.05, 0) is 18.9 Å². The summed E-state index contributed by atoms with van der Waals surface area (Å²) in [5.74, 6) is -1.27. The number of carboxylic acids is 1. The Morgan fingerprint density at radius 1 is 1.30 bits per heavy atom. The van der Waals surface area contributed by atoms with Crippen LogP contribution in [0.5, 0.6) is 0 Å². The van der Waals surface area contributed by atoms with Crippen molar-refractivity contribution in [2.24, 2.45) is 0 Å². The summed E-state index contributed by atoms with van der Waals surface area (Å²) in [7, 11) is 0. The van der Waals surface area contributed by atoms with Crippen molar-refractivity contribution in [2.45, 2.75) is 19.8 Å². The summed E-state index contributed by atoms with van der Waals surface area (Å²) in [5.41, 5.74) is 2.18. The largest absolute Gasteiger partial charge is 0.477 e. The lowest BCUT2D eigenvalue weighted by Gasteiger charge is -2.04. The Kier molecular flexibility index (Phi) is 4.14. The summed E-state index contributed by atoms with van der Waals surface area (Å²) < 4.78 is 0. The molecule has 6 nitrogen and oxygen atoms in total. The monoisotopic (exact) mass is 273 g/mol. The highest BCUT2D eigenvalue weighted by molar-refractivity contribution is 5.99. The van der Waals surface area contributed by atoms with Crippen LogP contribution < -0.4 is 5.32 Å². The minimum Gasteiger partial charge on any atom is -0.477 e. The average Bonchev–Trinajstić information content (AvgIpc) is 2.86. The summed E-state index contributed by atoms with van der Waals surface area (Å²) in [6.07, 6.45) is 2.04. The molecule has 1 heterocycles. The van der Waals surface area contributed by atoms with E-state index >= 15 is 0 Å². The third kappa shape index (κ3) is 3.44. The maximum absolute atomic E-state index is 11.8. The van der Waals surface area contributed by atoms with E-state index in [4.69, 9.17) is 5.11 Å². The Balaban J connectivity index is 1.91. The molecule has 104 valence electrons. The number of carboxylic acid groups (broad SMARTS) is 1. The van der Waals surface area contributed by atoms with Gasteiger partial charge in [0.15, 0.2) is 0 Å². The number of anilines is 1. The predicted octanol–water partition coefficient (Wildman–Crippen LogP) is 1.99. The predicted molar refractivity (Wildman–Crippen MR) is 73.7 cm³/mol. The van der Waals surface area contributed by atoms with Gasteiger partial charge in [0.05, 0.1) is 6.20 Å². The van der Waals surface area contributed by atoms with Gasteiger partial charge in [0, 0.05) is 6.42 Å². The van der Waals surface area contributed by atoms with Gasteiger partial charge in [-0.1, -0.05) is 29.8 Å². The number of aromatic carboxylic acids is 1. The number of aryl methyl sites for hydroxylation is 2. The molecule has 20 heavy (non-hydrogen) atoms. The van der Waals surface area contributed by atoms with Gasteiger partial charge in [0.1, 0.15) is 11.4 Å². The van der Waals surface area contributed by atoms with E-state index in [0.717, 1.165) is 11.8 Å². The molecular weight excluding hydrogens is 258 g/mol. The smallest absolute Gasteiger partial charge is 0.341 e. The van der Waals surface area contributed by atoms with Crippen LogP contribution in [0.2, 0.25) is 0 Å². The highest BCUT2D eigenvalue weighted by atomic mass is 16.4. The van der Waals surface area contributed by atoms with E-state index < -0.39 is 5.97 Å². The fourth-order valence-corrected chi connectivity index (χ4v) is 1.76. The number of nitrogens with zero attached hydrogens (tertiary/aromatic N) is 1. The number of aromatic nitrogens is 2. The summed E-state index contributed by atoms with van der Waals surface area (Å²) in [6.45, 7) is 2.00. The first-order valence-corrected chi connectivity index (χ1v) is 6.18. The van der Waals surface area contributed by atoms with Crippen LogP contribution in [0.1, 0.15) is 27.9 Å². The molecule has 1 aromatic heterocycles. The molecule has 0 aliphatic rings. The number of hydrogen-bond acceptors (Lipinski definition) is 3. The first-order chi connectivity index (χ1) is 9.56. The van der Waals surface area contributed by atoms with Crippen molar-refractivity contribution < 1.29 is 14.7 Å². The Morgan fingerprint density at radius 3 is 2.65 bits per heavy atom. The lowest BCUT2D eigenvalue weighted by atomic mass is 10.1. The van der Waals surface area contributed by atoms with Crippen molar-refractivity contribution in [3.63, 3.8) is 0 Å². The van der Waals surface area contributed by atoms with Gasteiger partial charge in [0.2, 0.25) is 5.91 Å². The molecule has 0 saturated carbocycles. The molecule has 0 aliphatic heterocycles. The van der Waals surface area contributed by atoms with Crippen LogP contribution in [0, 0.1) is 6.92 Å². The highest BCUT2D eigenvalue weighted by Gasteiger charge is 2.14. The molecule has 0 atom stereocenters. The molecule has 0 fully saturated rings. The molecule has 0 radical (unpaired) electrons. The summed E-state index contributed by atoms with van der Waals surface area (Å²) >= 11 is 0. The molecule has 0 bridgehead atoms. The molecule has 2 aromatic rings. The first kappa shape index (κ1) is 13.8. The van der Waals surface area contributed by atoms with E-state index in [2.05, 4.69) is 15.5 Å². The lowest BCUT2D eigenvalue weighted by Crippen LogP contribution is -2.14. The zero-order chi connectivity index (χ0) is 14.5. The molecule has 1 amide bonds. The molecular formula is C14H15N3O3. The van der Waals surface area contributed by atoms with Crippen LogP contribution in [0.15, 0.2) is 30.5 Å². The number of hydrogen-bond donors (Lipinski definition) is 3.